The second kappa shape index (κ2) is 14.6. The van der Waals surface area contributed by atoms with E-state index in [2.05, 4.69) is 34.9 Å². The Balaban J connectivity index is 1.65. The largest absolute Gasteiger partial charge is 0.337 e. The van der Waals surface area contributed by atoms with E-state index >= 15 is 0 Å². The number of halogens is 4. The van der Waals surface area contributed by atoms with Crippen molar-refractivity contribution in [3.63, 3.8) is 0 Å². The van der Waals surface area contributed by atoms with Crippen LogP contribution in [0.1, 0.15) is 24.3 Å². The maximum Gasteiger partial charge on any atom is 0.319 e. The predicted molar refractivity (Wildman–Crippen MR) is 154 cm³/mol. The van der Waals surface area contributed by atoms with Gasteiger partial charge in [0, 0.05) is 28.2 Å². The van der Waals surface area contributed by atoms with Crippen LogP contribution >= 0.6 is 34.8 Å². The number of hydrogen-bond acceptors (Lipinski definition) is 3. The zero-order valence-electron chi connectivity index (χ0n) is 21.0. The molecule has 5 nitrogen and oxygen atoms in total. The molecular weight excluding hydrogens is 534 g/mol. The van der Waals surface area contributed by atoms with E-state index in [4.69, 9.17) is 34.8 Å². The van der Waals surface area contributed by atoms with Gasteiger partial charge >= 0.3 is 6.03 Å². The average Bonchev–Trinajstić information content (AvgIpc) is 2.84. The highest BCUT2D eigenvalue weighted by Crippen LogP contribution is 2.28. The Labute approximate surface area is 233 Å². The predicted octanol–water partition coefficient (Wildman–Crippen LogP) is 7.29. The fourth-order valence-electron chi connectivity index (χ4n) is 3.95. The third-order valence-electron chi connectivity index (χ3n) is 5.89. The van der Waals surface area contributed by atoms with Gasteiger partial charge in [0.25, 0.3) is 0 Å². The van der Waals surface area contributed by atoms with Crippen molar-refractivity contribution in [3.05, 3.63) is 87.1 Å². The van der Waals surface area contributed by atoms with Crippen LogP contribution in [0.25, 0.3) is 11.1 Å². The lowest BCUT2D eigenvalue weighted by Crippen LogP contribution is -2.33. The van der Waals surface area contributed by atoms with Gasteiger partial charge in [-0.25, -0.2) is 9.18 Å². The van der Waals surface area contributed by atoms with Crippen LogP contribution in [-0.2, 0) is 0 Å². The molecule has 2 amide bonds. The van der Waals surface area contributed by atoms with E-state index in [1.54, 1.807) is 30.3 Å². The van der Waals surface area contributed by atoms with Crippen LogP contribution < -0.4 is 16.0 Å². The number of carbonyl (C=O) groups is 1. The Kier molecular flexibility index (Phi) is 11.5. The lowest BCUT2D eigenvalue weighted by atomic mass is 9.93. The Morgan fingerprint density at radius 3 is 2.24 bits per heavy atom. The molecule has 198 valence electrons. The van der Waals surface area contributed by atoms with Gasteiger partial charge < -0.3 is 20.9 Å². The fourth-order valence-corrected chi connectivity index (χ4v) is 4.66. The van der Waals surface area contributed by atoms with E-state index in [-0.39, 0.29) is 17.0 Å². The molecule has 0 fully saturated rings. The lowest BCUT2D eigenvalue weighted by Gasteiger charge is -2.20. The highest BCUT2D eigenvalue weighted by molar-refractivity contribution is 6.35. The average molecular weight is 566 g/mol. The van der Waals surface area contributed by atoms with Crippen LogP contribution in [0.15, 0.2) is 60.7 Å². The normalized spacial score (nSPS) is 12.0. The van der Waals surface area contributed by atoms with Crippen molar-refractivity contribution < 1.29 is 9.18 Å². The van der Waals surface area contributed by atoms with Crippen molar-refractivity contribution >= 4 is 46.5 Å². The molecule has 0 aromatic heterocycles. The molecule has 3 aromatic rings. The van der Waals surface area contributed by atoms with Gasteiger partial charge in [0.2, 0.25) is 0 Å². The molecule has 0 spiro atoms. The summed E-state index contributed by atoms with van der Waals surface area (Å²) >= 11 is 18.0. The van der Waals surface area contributed by atoms with Crippen LogP contribution in [0.4, 0.5) is 14.9 Å². The third-order valence-corrected chi connectivity index (χ3v) is 6.62. The molecular formula is C28H32Cl3FN4O. The highest BCUT2D eigenvalue weighted by atomic mass is 35.5. The zero-order chi connectivity index (χ0) is 26.8. The van der Waals surface area contributed by atoms with Crippen molar-refractivity contribution in [2.24, 2.45) is 0 Å². The summed E-state index contributed by atoms with van der Waals surface area (Å²) in [6.45, 7) is 3.22. The van der Waals surface area contributed by atoms with E-state index in [1.165, 1.54) is 6.07 Å². The van der Waals surface area contributed by atoms with E-state index < -0.39 is 5.82 Å². The van der Waals surface area contributed by atoms with Gasteiger partial charge in [-0.2, -0.15) is 0 Å². The first-order chi connectivity index (χ1) is 17.7. The van der Waals surface area contributed by atoms with Gasteiger partial charge in [0.1, 0.15) is 5.82 Å². The van der Waals surface area contributed by atoms with Gasteiger partial charge in [-0.15, -0.1) is 0 Å². The summed E-state index contributed by atoms with van der Waals surface area (Å²) in [5.74, 6) is -0.356. The van der Waals surface area contributed by atoms with Crippen molar-refractivity contribution in [2.45, 2.75) is 18.8 Å². The summed E-state index contributed by atoms with van der Waals surface area (Å²) in [6, 6.07) is 17.3. The molecule has 37 heavy (non-hydrogen) atoms. The Morgan fingerprint density at radius 2 is 1.59 bits per heavy atom. The lowest BCUT2D eigenvalue weighted by molar-refractivity contribution is 0.251. The summed E-state index contributed by atoms with van der Waals surface area (Å²) < 4.78 is 13.6. The van der Waals surface area contributed by atoms with E-state index in [0.717, 1.165) is 49.2 Å². The van der Waals surface area contributed by atoms with Gasteiger partial charge in [0.05, 0.1) is 5.02 Å². The first-order valence-corrected chi connectivity index (χ1v) is 13.3. The van der Waals surface area contributed by atoms with Crippen molar-refractivity contribution in [1.29, 1.82) is 0 Å². The molecule has 0 aliphatic rings. The van der Waals surface area contributed by atoms with E-state index in [1.807, 2.05) is 24.3 Å². The summed E-state index contributed by atoms with van der Waals surface area (Å²) in [5, 5.41) is 10.2. The molecule has 0 saturated heterocycles. The first kappa shape index (κ1) is 29.2. The second-order valence-corrected chi connectivity index (χ2v) is 10.4. The number of hydrogen-bond donors (Lipinski definition) is 3. The SMILES string of the molecule is CN(C)CCCNCCC(CNC(=O)Nc1cc(Cl)cc(Cl)c1)c1ccc(-c2ccc(F)c(Cl)c2)cc1. The molecule has 1 unspecified atom stereocenters. The number of amides is 2. The number of nitrogens with zero attached hydrogens (tertiary/aromatic N) is 1. The number of rotatable bonds is 12. The van der Waals surface area contributed by atoms with Gasteiger partial charge in [-0.1, -0.05) is 65.1 Å². The van der Waals surface area contributed by atoms with Crippen LogP contribution in [0, 0.1) is 5.82 Å². The molecule has 9 heteroatoms. The Bertz CT molecular complexity index is 1150. The van der Waals surface area contributed by atoms with Gasteiger partial charge in [0.15, 0.2) is 0 Å². The quantitative estimate of drug-likeness (QED) is 0.202. The number of carbonyl (C=O) groups excluding carboxylic acids is 1. The summed E-state index contributed by atoms with van der Waals surface area (Å²) in [7, 11) is 4.13. The molecule has 0 aliphatic heterocycles. The molecule has 0 heterocycles. The summed E-state index contributed by atoms with van der Waals surface area (Å²) in [5.41, 5.74) is 3.40. The number of urea groups is 1. The standard InChI is InChI=1S/C28H32Cl3FN4O/c1-36(2)13-3-11-33-12-10-22(18-34-28(37)35-25-16-23(29)15-24(30)17-25)20-6-4-19(5-7-20)21-8-9-27(32)26(31)14-21/h4-9,14-17,22,33H,3,10-13,18H2,1-2H3,(H2,34,35,37). The molecule has 1 atom stereocenters. The van der Waals surface area contributed by atoms with E-state index in [0.29, 0.717) is 22.3 Å². The molecule has 0 bridgehead atoms. The topological polar surface area (TPSA) is 56.4 Å². The van der Waals surface area contributed by atoms with Gasteiger partial charge in [-0.3, -0.25) is 0 Å². The minimum Gasteiger partial charge on any atom is -0.337 e. The minimum absolute atomic E-state index is 0.0842. The number of anilines is 1. The monoisotopic (exact) mass is 564 g/mol. The fraction of sp³-hybridized carbons (Fsp3) is 0.321. The molecule has 3 rings (SSSR count). The summed E-state index contributed by atoms with van der Waals surface area (Å²) in [6.07, 6.45) is 1.91. The maximum absolute atomic E-state index is 13.6. The number of benzene rings is 3. The maximum atomic E-state index is 13.6. The van der Waals surface area contributed by atoms with E-state index in [9.17, 15) is 9.18 Å². The molecule has 0 radical (unpaired) electrons. The highest BCUT2D eigenvalue weighted by Gasteiger charge is 2.14. The summed E-state index contributed by atoms with van der Waals surface area (Å²) in [4.78, 5) is 14.7. The van der Waals surface area contributed by atoms with Crippen LogP contribution in [0.2, 0.25) is 15.1 Å². The van der Waals surface area contributed by atoms with Crippen molar-refractivity contribution in [2.75, 3.05) is 45.6 Å². The van der Waals surface area contributed by atoms with Crippen LogP contribution in [-0.4, -0.2) is 51.2 Å². The van der Waals surface area contributed by atoms with Crippen molar-refractivity contribution in [1.82, 2.24) is 15.5 Å². The van der Waals surface area contributed by atoms with Crippen LogP contribution in [0.5, 0.6) is 0 Å². The van der Waals surface area contributed by atoms with Crippen LogP contribution in [0.3, 0.4) is 0 Å². The molecule has 0 saturated carbocycles. The third kappa shape index (κ3) is 9.80. The second-order valence-electron chi connectivity index (χ2n) is 9.14. The molecule has 3 N–H and O–H groups in total. The molecule has 3 aromatic carbocycles. The van der Waals surface area contributed by atoms with Gasteiger partial charge in [-0.05, 0) is 93.6 Å². The Hall–Kier alpha value is -2.35. The Morgan fingerprint density at radius 1 is 0.919 bits per heavy atom. The van der Waals surface area contributed by atoms with Crippen molar-refractivity contribution in [3.8, 4) is 11.1 Å². The number of nitrogens with one attached hydrogen (secondary N) is 3. The zero-order valence-corrected chi connectivity index (χ0v) is 23.2. The molecule has 0 aliphatic carbocycles. The first-order valence-electron chi connectivity index (χ1n) is 12.1. The minimum atomic E-state index is -0.440. The smallest absolute Gasteiger partial charge is 0.319 e.